The van der Waals surface area contributed by atoms with Gasteiger partial charge in [-0.3, -0.25) is 4.79 Å². The minimum absolute atomic E-state index is 0.100. The van der Waals surface area contributed by atoms with Crippen LogP contribution < -0.4 is 5.32 Å². The smallest absolute Gasteiger partial charge is 0.325 e. The maximum Gasteiger partial charge on any atom is 0.325 e. The second kappa shape index (κ2) is 7.05. The lowest BCUT2D eigenvalue weighted by molar-refractivity contribution is -0.137. The number of carboxylic acids is 1. The molecular formula is C13H21N5O3. The van der Waals surface area contributed by atoms with Crippen molar-refractivity contribution in [3.05, 3.63) is 11.9 Å². The Hall–Kier alpha value is -2.12. The van der Waals surface area contributed by atoms with Crippen LogP contribution in [0, 0.1) is 5.92 Å². The Morgan fingerprint density at radius 2 is 2.29 bits per heavy atom. The molecule has 8 nitrogen and oxygen atoms in total. The van der Waals surface area contributed by atoms with Crippen molar-refractivity contribution in [1.82, 2.24) is 25.2 Å². The van der Waals surface area contributed by atoms with Crippen molar-refractivity contribution in [2.75, 3.05) is 13.1 Å². The number of carbonyl (C=O) groups is 2. The van der Waals surface area contributed by atoms with Gasteiger partial charge in [0.05, 0.1) is 12.7 Å². The molecule has 2 amide bonds. The van der Waals surface area contributed by atoms with E-state index in [1.807, 2.05) is 11.8 Å². The molecule has 0 radical (unpaired) electrons. The van der Waals surface area contributed by atoms with Gasteiger partial charge in [0.1, 0.15) is 12.2 Å². The van der Waals surface area contributed by atoms with E-state index >= 15 is 0 Å². The summed E-state index contributed by atoms with van der Waals surface area (Å²) < 4.78 is 1.23. The minimum Gasteiger partial charge on any atom is -0.480 e. The van der Waals surface area contributed by atoms with Crippen molar-refractivity contribution in [1.29, 1.82) is 0 Å². The summed E-state index contributed by atoms with van der Waals surface area (Å²) in [5, 5.41) is 19.0. The van der Waals surface area contributed by atoms with Crippen LogP contribution in [-0.2, 0) is 17.9 Å². The largest absolute Gasteiger partial charge is 0.480 e. The topological polar surface area (TPSA) is 100 Å². The van der Waals surface area contributed by atoms with Crippen molar-refractivity contribution in [2.45, 2.75) is 39.3 Å². The number of carboxylic acid groups (broad SMARTS) is 1. The average molecular weight is 295 g/mol. The lowest BCUT2D eigenvalue weighted by Gasteiger charge is -2.22. The molecule has 1 aliphatic rings. The summed E-state index contributed by atoms with van der Waals surface area (Å²) in [4.78, 5) is 24.5. The van der Waals surface area contributed by atoms with Crippen molar-refractivity contribution < 1.29 is 14.7 Å². The van der Waals surface area contributed by atoms with Crippen LogP contribution in [0.4, 0.5) is 4.79 Å². The van der Waals surface area contributed by atoms with E-state index in [1.165, 1.54) is 23.7 Å². The predicted octanol–water partition coefficient (Wildman–Crippen LogP) is 0.694. The summed E-state index contributed by atoms with van der Waals surface area (Å²) in [6.45, 7) is 3.62. The summed E-state index contributed by atoms with van der Waals surface area (Å²) >= 11 is 0. The van der Waals surface area contributed by atoms with Crippen LogP contribution in [0.1, 0.15) is 31.9 Å². The van der Waals surface area contributed by atoms with E-state index in [4.69, 9.17) is 5.11 Å². The van der Waals surface area contributed by atoms with Gasteiger partial charge in [0, 0.05) is 13.1 Å². The van der Waals surface area contributed by atoms with Gasteiger partial charge in [-0.15, -0.1) is 5.10 Å². The average Bonchev–Trinajstić information content (AvgIpc) is 3.14. The normalized spacial score (nSPS) is 14.0. The molecule has 1 aromatic heterocycles. The predicted molar refractivity (Wildman–Crippen MR) is 74.5 cm³/mol. The van der Waals surface area contributed by atoms with Gasteiger partial charge in [0.2, 0.25) is 0 Å². The zero-order valence-electron chi connectivity index (χ0n) is 12.2. The Kier molecular flexibility index (Phi) is 5.13. The van der Waals surface area contributed by atoms with Crippen LogP contribution in [0.5, 0.6) is 0 Å². The van der Waals surface area contributed by atoms with Crippen LogP contribution in [0.15, 0.2) is 6.20 Å². The highest BCUT2D eigenvalue weighted by Gasteiger charge is 2.26. The number of hydrogen-bond acceptors (Lipinski definition) is 4. The molecule has 116 valence electrons. The Morgan fingerprint density at radius 3 is 2.90 bits per heavy atom. The van der Waals surface area contributed by atoms with E-state index in [1.54, 1.807) is 0 Å². The molecule has 1 aromatic rings. The maximum atomic E-state index is 12.1. The molecule has 0 saturated heterocycles. The molecule has 0 atom stereocenters. The van der Waals surface area contributed by atoms with Crippen LogP contribution in [-0.4, -0.2) is 50.1 Å². The number of nitrogens with one attached hydrogen (secondary N) is 1. The first kappa shape index (κ1) is 15.3. The standard InChI is InChI=1S/C13H21N5O3/c1-2-5-17(7-10-3-4-10)13(21)14-6-11-8-18(16-15-11)9-12(19)20/h8,10H,2-7,9H2,1H3,(H,14,21)(H,19,20). The summed E-state index contributed by atoms with van der Waals surface area (Å²) in [6.07, 6.45) is 4.86. The lowest BCUT2D eigenvalue weighted by Crippen LogP contribution is -2.41. The molecule has 1 aliphatic carbocycles. The van der Waals surface area contributed by atoms with Crippen molar-refractivity contribution >= 4 is 12.0 Å². The highest BCUT2D eigenvalue weighted by molar-refractivity contribution is 5.74. The Bertz CT molecular complexity index is 498. The first-order valence-corrected chi connectivity index (χ1v) is 7.22. The highest BCUT2D eigenvalue weighted by atomic mass is 16.4. The van der Waals surface area contributed by atoms with E-state index in [0.29, 0.717) is 11.6 Å². The lowest BCUT2D eigenvalue weighted by atomic mass is 10.3. The molecule has 2 rings (SSSR count). The van der Waals surface area contributed by atoms with Crippen molar-refractivity contribution in [2.24, 2.45) is 5.92 Å². The number of rotatable bonds is 8. The van der Waals surface area contributed by atoms with Gasteiger partial charge in [-0.2, -0.15) is 0 Å². The number of carbonyl (C=O) groups excluding carboxylic acids is 1. The number of urea groups is 1. The molecule has 1 saturated carbocycles. The Balaban J connectivity index is 1.80. The highest BCUT2D eigenvalue weighted by Crippen LogP contribution is 2.29. The molecule has 0 unspecified atom stereocenters. The molecule has 8 heteroatoms. The quantitative estimate of drug-likeness (QED) is 0.735. The zero-order valence-corrected chi connectivity index (χ0v) is 12.2. The third-order valence-electron chi connectivity index (χ3n) is 3.26. The van der Waals surface area contributed by atoms with E-state index in [-0.39, 0.29) is 19.1 Å². The molecule has 0 aromatic carbocycles. The van der Waals surface area contributed by atoms with Gasteiger partial charge in [-0.1, -0.05) is 12.1 Å². The van der Waals surface area contributed by atoms with E-state index in [2.05, 4.69) is 15.6 Å². The second-order valence-corrected chi connectivity index (χ2v) is 5.35. The zero-order chi connectivity index (χ0) is 15.2. The van der Waals surface area contributed by atoms with Gasteiger partial charge < -0.3 is 15.3 Å². The summed E-state index contributed by atoms with van der Waals surface area (Å²) in [7, 11) is 0. The second-order valence-electron chi connectivity index (χ2n) is 5.35. The Morgan fingerprint density at radius 1 is 1.52 bits per heavy atom. The van der Waals surface area contributed by atoms with Gasteiger partial charge in [0.15, 0.2) is 0 Å². The summed E-state index contributed by atoms with van der Waals surface area (Å²) in [6, 6.07) is -0.100. The maximum absolute atomic E-state index is 12.1. The van der Waals surface area contributed by atoms with Crippen LogP contribution in [0.3, 0.4) is 0 Å². The van der Waals surface area contributed by atoms with Gasteiger partial charge in [0.25, 0.3) is 0 Å². The Labute approximate surface area is 123 Å². The monoisotopic (exact) mass is 295 g/mol. The third kappa shape index (κ3) is 5.05. The summed E-state index contributed by atoms with van der Waals surface area (Å²) in [5.74, 6) is -0.326. The first-order valence-electron chi connectivity index (χ1n) is 7.22. The van der Waals surface area contributed by atoms with E-state index in [0.717, 1.165) is 19.5 Å². The number of aliphatic carboxylic acids is 1. The van der Waals surface area contributed by atoms with Crippen molar-refractivity contribution in [3.63, 3.8) is 0 Å². The molecular weight excluding hydrogens is 274 g/mol. The molecule has 0 aliphatic heterocycles. The fourth-order valence-corrected chi connectivity index (χ4v) is 2.07. The van der Waals surface area contributed by atoms with E-state index in [9.17, 15) is 9.59 Å². The van der Waals surface area contributed by atoms with E-state index < -0.39 is 5.97 Å². The number of aromatic nitrogens is 3. The number of hydrogen-bond donors (Lipinski definition) is 2. The van der Waals surface area contributed by atoms with Crippen LogP contribution >= 0.6 is 0 Å². The fourth-order valence-electron chi connectivity index (χ4n) is 2.07. The van der Waals surface area contributed by atoms with Gasteiger partial charge in [-0.05, 0) is 25.2 Å². The third-order valence-corrected chi connectivity index (χ3v) is 3.26. The molecule has 1 heterocycles. The minimum atomic E-state index is -0.978. The molecule has 1 fully saturated rings. The molecule has 2 N–H and O–H groups in total. The summed E-state index contributed by atoms with van der Waals surface area (Å²) in [5.41, 5.74) is 0.549. The molecule has 0 spiro atoms. The fraction of sp³-hybridized carbons (Fsp3) is 0.692. The van der Waals surface area contributed by atoms with Gasteiger partial charge in [-0.25, -0.2) is 9.48 Å². The van der Waals surface area contributed by atoms with Crippen LogP contribution in [0.25, 0.3) is 0 Å². The van der Waals surface area contributed by atoms with Crippen LogP contribution in [0.2, 0.25) is 0 Å². The van der Waals surface area contributed by atoms with Gasteiger partial charge >= 0.3 is 12.0 Å². The first-order chi connectivity index (χ1) is 10.1. The van der Waals surface area contributed by atoms with Crippen molar-refractivity contribution in [3.8, 4) is 0 Å². The molecule has 21 heavy (non-hydrogen) atoms. The SMILES string of the molecule is CCCN(CC1CC1)C(=O)NCc1cn(CC(=O)O)nn1. The number of nitrogens with zero attached hydrogens (tertiary/aromatic N) is 4. The molecule has 0 bridgehead atoms. The number of amides is 2.